The van der Waals surface area contributed by atoms with Crippen molar-refractivity contribution in [3.05, 3.63) is 36.4 Å². The molecule has 0 saturated heterocycles. The lowest BCUT2D eigenvalue weighted by molar-refractivity contribution is 0.400. The quantitative estimate of drug-likeness (QED) is 0.861. The molecule has 0 spiro atoms. The lowest BCUT2D eigenvalue weighted by Crippen LogP contribution is -1.99. The smallest absolute Gasteiger partial charge is 0.194 e. The Bertz CT molecular complexity index is 551. The topological polar surface area (TPSA) is 47.0 Å². The molecule has 6 heteroatoms. The third-order valence-corrected chi connectivity index (χ3v) is 3.20. The van der Waals surface area contributed by atoms with E-state index in [1.54, 1.807) is 20.2 Å². The number of rotatable bonds is 4. The molecule has 0 aliphatic rings. The summed E-state index contributed by atoms with van der Waals surface area (Å²) in [5.74, 6) is 0.877. The van der Waals surface area contributed by atoms with Crippen molar-refractivity contribution in [1.82, 2.24) is 9.97 Å². The maximum Gasteiger partial charge on any atom is 0.194 e. The van der Waals surface area contributed by atoms with Gasteiger partial charge in [-0.05, 0) is 18.2 Å². The summed E-state index contributed by atoms with van der Waals surface area (Å²) in [6.07, 6.45) is 1.44. The predicted octanol–water partition coefficient (Wildman–Crippen LogP) is 2.82. The minimum absolute atomic E-state index is 0.276. The van der Waals surface area contributed by atoms with Gasteiger partial charge in [-0.25, -0.2) is 14.4 Å². The zero-order chi connectivity index (χ0) is 13.0. The summed E-state index contributed by atoms with van der Waals surface area (Å²) < 4.78 is 18.4. The molecule has 0 radical (unpaired) electrons. The van der Waals surface area contributed by atoms with Gasteiger partial charge in [0.15, 0.2) is 11.6 Å². The van der Waals surface area contributed by atoms with Crippen molar-refractivity contribution in [1.29, 1.82) is 0 Å². The highest BCUT2D eigenvalue weighted by atomic mass is 32.2. The number of aromatic nitrogens is 2. The normalized spacial score (nSPS) is 10.2. The number of benzene rings is 1. The van der Waals surface area contributed by atoms with Gasteiger partial charge in [0.25, 0.3) is 0 Å². The average molecular weight is 265 g/mol. The SMILES string of the molecule is CNc1ncnc(Sc2cccc(F)c2)c1OC. The van der Waals surface area contributed by atoms with Gasteiger partial charge in [0.05, 0.1) is 7.11 Å². The molecule has 18 heavy (non-hydrogen) atoms. The molecule has 0 bridgehead atoms. The van der Waals surface area contributed by atoms with Crippen LogP contribution in [-0.2, 0) is 0 Å². The molecule has 0 atom stereocenters. The number of anilines is 1. The van der Waals surface area contributed by atoms with Gasteiger partial charge in [-0.2, -0.15) is 0 Å². The Morgan fingerprint density at radius 1 is 1.33 bits per heavy atom. The highest BCUT2D eigenvalue weighted by molar-refractivity contribution is 7.99. The summed E-state index contributed by atoms with van der Waals surface area (Å²) in [7, 11) is 3.30. The van der Waals surface area contributed by atoms with Crippen LogP contribution in [0.25, 0.3) is 0 Å². The Kier molecular flexibility index (Phi) is 3.99. The van der Waals surface area contributed by atoms with Crippen LogP contribution in [0.4, 0.5) is 10.2 Å². The zero-order valence-electron chi connectivity index (χ0n) is 9.98. The Balaban J connectivity index is 2.34. The van der Waals surface area contributed by atoms with Crippen molar-refractivity contribution in [3.63, 3.8) is 0 Å². The van der Waals surface area contributed by atoms with Crippen molar-refractivity contribution >= 4 is 17.6 Å². The highest BCUT2D eigenvalue weighted by Gasteiger charge is 2.12. The summed E-state index contributed by atoms with van der Waals surface area (Å²) in [5.41, 5.74) is 0. The van der Waals surface area contributed by atoms with E-state index in [0.29, 0.717) is 16.6 Å². The molecule has 0 aliphatic heterocycles. The highest BCUT2D eigenvalue weighted by Crippen LogP contribution is 2.36. The molecule has 2 aromatic rings. The molecule has 0 unspecified atom stereocenters. The number of nitrogens with one attached hydrogen (secondary N) is 1. The molecule has 0 saturated carbocycles. The Labute approximate surface area is 109 Å². The Morgan fingerprint density at radius 2 is 2.17 bits per heavy atom. The number of hydrogen-bond donors (Lipinski definition) is 1. The standard InChI is InChI=1S/C12H12FN3OS/c1-14-11-10(17-2)12(16-7-15-11)18-9-5-3-4-8(13)6-9/h3-7H,1-2H3,(H,14,15,16). The molecule has 0 amide bonds. The van der Waals surface area contributed by atoms with Crippen molar-refractivity contribution in [2.45, 2.75) is 9.92 Å². The first kappa shape index (κ1) is 12.6. The molecule has 4 nitrogen and oxygen atoms in total. The second-order valence-corrected chi connectivity index (χ2v) is 4.43. The lowest BCUT2D eigenvalue weighted by atomic mass is 10.4. The molecular formula is C12H12FN3OS. The van der Waals surface area contributed by atoms with Crippen LogP contribution in [0.5, 0.6) is 5.75 Å². The first-order chi connectivity index (χ1) is 8.74. The maximum absolute atomic E-state index is 13.1. The molecule has 1 aromatic carbocycles. The predicted molar refractivity (Wildman–Crippen MR) is 68.7 cm³/mol. The molecule has 0 fully saturated rings. The number of halogens is 1. The van der Waals surface area contributed by atoms with E-state index in [9.17, 15) is 4.39 Å². The van der Waals surface area contributed by atoms with Crippen molar-refractivity contribution in [2.75, 3.05) is 19.5 Å². The van der Waals surface area contributed by atoms with E-state index in [0.717, 1.165) is 4.90 Å². The number of nitrogens with zero attached hydrogens (tertiary/aromatic N) is 2. The Morgan fingerprint density at radius 3 is 2.83 bits per heavy atom. The van der Waals surface area contributed by atoms with E-state index < -0.39 is 0 Å². The average Bonchev–Trinajstić information content (AvgIpc) is 2.38. The number of hydrogen-bond acceptors (Lipinski definition) is 5. The largest absolute Gasteiger partial charge is 0.490 e. The minimum atomic E-state index is -0.276. The molecule has 0 aliphatic carbocycles. The van der Waals surface area contributed by atoms with Crippen LogP contribution in [0.15, 0.2) is 40.5 Å². The van der Waals surface area contributed by atoms with E-state index in [1.165, 1.54) is 30.2 Å². The number of methoxy groups -OCH3 is 1. The second kappa shape index (κ2) is 5.68. The summed E-state index contributed by atoms with van der Waals surface area (Å²) in [4.78, 5) is 8.96. The van der Waals surface area contributed by atoms with Crippen LogP contribution >= 0.6 is 11.8 Å². The molecule has 1 N–H and O–H groups in total. The third kappa shape index (κ3) is 2.70. The molecule has 94 valence electrons. The van der Waals surface area contributed by atoms with Gasteiger partial charge < -0.3 is 10.1 Å². The first-order valence-electron chi connectivity index (χ1n) is 5.24. The fourth-order valence-corrected chi connectivity index (χ4v) is 2.35. The van der Waals surface area contributed by atoms with Gasteiger partial charge in [0, 0.05) is 11.9 Å². The van der Waals surface area contributed by atoms with Gasteiger partial charge in [-0.3, -0.25) is 0 Å². The van der Waals surface area contributed by atoms with Crippen LogP contribution in [0.3, 0.4) is 0 Å². The first-order valence-corrected chi connectivity index (χ1v) is 6.06. The van der Waals surface area contributed by atoms with Crippen LogP contribution in [0.2, 0.25) is 0 Å². The summed E-state index contributed by atoms with van der Waals surface area (Å²) in [5, 5.41) is 3.56. The number of ether oxygens (including phenoxy) is 1. The second-order valence-electron chi connectivity index (χ2n) is 3.37. The summed E-state index contributed by atoms with van der Waals surface area (Å²) in [6, 6.07) is 6.32. The minimum Gasteiger partial charge on any atom is -0.490 e. The zero-order valence-corrected chi connectivity index (χ0v) is 10.8. The molecule has 2 rings (SSSR count). The van der Waals surface area contributed by atoms with E-state index in [1.807, 2.05) is 6.07 Å². The van der Waals surface area contributed by atoms with E-state index >= 15 is 0 Å². The van der Waals surface area contributed by atoms with Crippen molar-refractivity contribution in [3.8, 4) is 5.75 Å². The Hall–Kier alpha value is -1.82. The fraction of sp³-hybridized carbons (Fsp3) is 0.167. The van der Waals surface area contributed by atoms with E-state index in [4.69, 9.17) is 4.74 Å². The third-order valence-electron chi connectivity index (χ3n) is 2.22. The summed E-state index contributed by atoms with van der Waals surface area (Å²) in [6.45, 7) is 0. The van der Waals surface area contributed by atoms with Gasteiger partial charge in [0.1, 0.15) is 17.2 Å². The molecule has 1 aromatic heterocycles. The molecular weight excluding hydrogens is 253 g/mol. The van der Waals surface area contributed by atoms with Gasteiger partial charge in [-0.15, -0.1) is 0 Å². The monoisotopic (exact) mass is 265 g/mol. The van der Waals surface area contributed by atoms with Crippen molar-refractivity contribution < 1.29 is 9.13 Å². The fourth-order valence-electron chi connectivity index (χ4n) is 1.43. The van der Waals surface area contributed by atoms with Gasteiger partial charge >= 0.3 is 0 Å². The van der Waals surface area contributed by atoms with Crippen LogP contribution in [-0.4, -0.2) is 24.1 Å². The lowest BCUT2D eigenvalue weighted by Gasteiger charge is -2.10. The van der Waals surface area contributed by atoms with E-state index in [2.05, 4.69) is 15.3 Å². The van der Waals surface area contributed by atoms with Crippen LogP contribution < -0.4 is 10.1 Å². The van der Waals surface area contributed by atoms with Crippen molar-refractivity contribution in [2.24, 2.45) is 0 Å². The van der Waals surface area contributed by atoms with Crippen LogP contribution in [0, 0.1) is 5.82 Å². The van der Waals surface area contributed by atoms with Gasteiger partial charge in [-0.1, -0.05) is 17.8 Å². The van der Waals surface area contributed by atoms with Crippen LogP contribution in [0.1, 0.15) is 0 Å². The maximum atomic E-state index is 13.1. The molecule has 1 heterocycles. The summed E-state index contributed by atoms with van der Waals surface area (Å²) >= 11 is 1.33. The van der Waals surface area contributed by atoms with Gasteiger partial charge in [0.2, 0.25) is 0 Å². The van der Waals surface area contributed by atoms with E-state index in [-0.39, 0.29) is 5.82 Å².